The SMILES string of the molecule is CCn1cc(C(O)C(=O)O)c2ccc(Br)cc21. The van der Waals surface area contributed by atoms with Crippen molar-refractivity contribution < 1.29 is 15.0 Å². The number of aryl methyl sites for hydroxylation is 1. The molecular weight excluding hydrogens is 286 g/mol. The number of carboxylic acid groups (broad SMARTS) is 1. The van der Waals surface area contributed by atoms with Crippen LogP contribution in [-0.2, 0) is 11.3 Å². The molecule has 5 heteroatoms. The molecule has 0 radical (unpaired) electrons. The Kier molecular flexibility index (Phi) is 3.22. The molecule has 0 spiro atoms. The zero-order valence-corrected chi connectivity index (χ0v) is 10.8. The summed E-state index contributed by atoms with van der Waals surface area (Å²) in [5.74, 6) is -1.23. The summed E-state index contributed by atoms with van der Waals surface area (Å²) in [6.45, 7) is 2.69. The maximum absolute atomic E-state index is 10.8. The van der Waals surface area contributed by atoms with E-state index in [9.17, 15) is 9.90 Å². The van der Waals surface area contributed by atoms with Gasteiger partial charge in [-0.15, -0.1) is 0 Å². The highest BCUT2D eigenvalue weighted by Crippen LogP contribution is 2.29. The van der Waals surface area contributed by atoms with Crippen molar-refractivity contribution in [2.45, 2.75) is 19.6 Å². The van der Waals surface area contributed by atoms with E-state index in [0.717, 1.165) is 21.9 Å². The van der Waals surface area contributed by atoms with E-state index >= 15 is 0 Å². The molecule has 0 aliphatic rings. The highest BCUT2D eigenvalue weighted by molar-refractivity contribution is 9.10. The van der Waals surface area contributed by atoms with Crippen molar-refractivity contribution in [2.75, 3.05) is 0 Å². The summed E-state index contributed by atoms with van der Waals surface area (Å²) in [7, 11) is 0. The first kappa shape index (κ1) is 12.1. The summed E-state index contributed by atoms with van der Waals surface area (Å²) in [5.41, 5.74) is 1.35. The fraction of sp³-hybridized carbons (Fsp3) is 0.250. The number of halogens is 1. The van der Waals surface area contributed by atoms with Crippen molar-refractivity contribution in [2.24, 2.45) is 0 Å². The number of benzene rings is 1. The van der Waals surface area contributed by atoms with Gasteiger partial charge in [0.05, 0.1) is 0 Å². The second kappa shape index (κ2) is 4.50. The van der Waals surface area contributed by atoms with Crippen LogP contribution in [0.15, 0.2) is 28.9 Å². The highest BCUT2D eigenvalue weighted by Gasteiger charge is 2.21. The minimum atomic E-state index is -1.48. The van der Waals surface area contributed by atoms with Crippen molar-refractivity contribution in [1.82, 2.24) is 4.57 Å². The lowest BCUT2D eigenvalue weighted by Gasteiger charge is -2.02. The van der Waals surface area contributed by atoms with Gasteiger partial charge in [-0.2, -0.15) is 0 Å². The Morgan fingerprint density at radius 3 is 2.82 bits per heavy atom. The summed E-state index contributed by atoms with van der Waals surface area (Å²) in [4.78, 5) is 10.8. The molecule has 2 aromatic rings. The first-order valence-corrected chi connectivity index (χ1v) is 6.03. The molecule has 0 saturated heterocycles. The van der Waals surface area contributed by atoms with Gasteiger partial charge < -0.3 is 14.8 Å². The maximum Gasteiger partial charge on any atom is 0.337 e. The largest absolute Gasteiger partial charge is 0.479 e. The standard InChI is InChI=1S/C12H12BrNO3/c1-2-14-6-9(11(15)12(16)17)8-4-3-7(13)5-10(8)14/h3-6,11,15H,2H2,1H3,(H,16,17). The van der Waals surface area contributed by atoms with E-state index in [-0.39, 0.29) is 0 Å². The smallest absolute Gasteiger partial charge is 0.337 e. The number of rotatable bonds is 3. The zero-order valence-electron chi connectivity index (χ0n) is 9.22. The van der Waals surface area contributed by atoms with E-state index in [2.05, 4.69) is 15.9 Å². The van der Waals surface area contributed by atoms with Crippen LogP contribution in [-0.4, -0.2) is 20.7 Å². The Morgan fingerprint density at radius 2 is 2.24 bits per heavy atom. The number of hydrogen-bond donors (Lipinski definition) is 2. The van der Waals surface area contributed by atoms with Crippen LogP contribution in [0.3, 0.4) is 0 Å². The van der Waals surface area contributed by atoms with E-state index in [1.807, 2.05) is 29.7 Å². The van der Waals surface area contributed by atoms with Crippen LogP contribution in [0.5, 0.6) is 0 Å². The number of aliphatic hydroxyl groups is 1. The summed E-state index contributed by atoms with van der Waals surface area (Å²) >= 11 is 3.38. The van der Waals surface area contributed by atoms with E-state index in [1.54, 1.807) is 6.20 Å². The second-order valence-electron chi connectivity index (χ2n) is 3.77. The van der Waals surface area contributed by atoms with Gasteiger partial charge in [-0.05, 0) is 19.1 Å². The lowest BCUT2D eigenvalue weighted by atomic mass is 10.1. The van der Waals surface area contributed by atoms with E-state index < -0.39 is 12.1 Å². The van der Waals surface area contributed by atoms with Gasteiger partial charge in [-0.1, -0.05) is 22.0 Å². The number of aromatic nitrogens is 1. The topological polar surface area (TPSA) is 62.5 Å². The Labute approximate surface area is 107 Å². The third kappa shape index (κ3) is 2.08. The van der Waals surface area contributed by atoms with E-state index in [1.165, 1.54) is 0 Å². The van der Waals surface area contributed by atoms with Crippen LogP contribution in [0, 0.1) is 0 Å². The monoisotopic (exact) mass is 297 g/mol. The summed E-state index contributed by atoms with van der Waals surface area (Å²) < 4.78 is 2.84. The Bertz CT molecular complexity index is 576. The first-order valence-electron chi connectivity index (χ1n) is 5.23. The fourth-order valence-electron chi connectivity index (χ4n) is 1.91. The molecule has 0 fully saturated rings. The molecule has 0 aliphatic carbocycles. The van der Waals surface area contributed by atoms with Crippen molar-refractivity contribution in [3.8, 4) is 0 Å². The van der Waals surface area contributed by atoms with Crippen molar-refractivity contribution in [3.05, 3.63) is 34.4 Å². The van der Waals surface area contributed by atoms with Crippen LogP contribution in [0.1, 0.15) is 18.6 Å². The fourth-order valence-corrected chi connectivity index (χ4v) is 2.26. The van der Waals surface area contributed by atoms with Crippen LogP contribution >= 0.6 is 15.9 Å². The van der Waals surface area contributed by atoms with Gasteiger partial charge in [0.25, 0.3) is 0 Å². The number of carbonyl (C=O) groups is 1. The van der Waals surface area contributed by atoms with Gasteiger partial charge in [0.2, 0.25) is 0 Å². The van der Waals surface area contributed by atoms with Gasteiger partial charge in [0.1, 0.15) is 0 Å². The predicted molar refractivity (Wildman–Crippen MR) is 67.9 cm³/mol. The zero-order chi connectivity index (χ0) is 12.6. The van der Waals surface area contributed by atoms with Gasteiger partial charge >= 0.3 is 5.97 Å². The lowest BCUT2D eigenvalue weighted by molar-refractivity contribution is -0.146. The minimum absolute atomic E-state index is 0.432. The predicted octanol–water partition coefficient (Wildman–Crippen LogP) is 2.54. The van der Waals surface area contributed by atoms with Crippen molar-refractivity contribution >= 4 is 32.8 Å². The molecule has 1 heterocycles. The van der Waals surface area contributed by atoms with Gasteiger partial charge in [-0.3, -0.25) is 0 Å². The minimum Gasteiger partial charge on any atom is -0.479 e. The van der Waals surface area contributed by atoms with Crippen LogP contribution in [0.2, 0.25) is 0 Å². The van der Waals surface area contributed by atoms with E-state index in [0.29, 0.717) is 5.56 Å². The molecular formula is C12H12BrNO3. The molecule has 0 aliphatic heterocycles. The normalized spacial score (nSPS) is 12.9. The molecule has 2 N–H and O–H groups in total. The molecule has 1 aromatic heterocycles. The highest BCUT2D eigenvalue weighted by atomic mass is 79.9. The average molecular weight is 298 g/mol. The second-order valence-corrected chi connectivity index (χ2v) is 4.69. The third-order valence-corrected chi connectivity index (χ3v) is 3.24. The number of nitrogens with zero attached hydrogens (tertiary/aromatic N) is 1. The third-order valence-electron chi connectivity index (χ3n) is 2.74. The first-order chi connectivity index (χ1) is 8.04. The Hall–Kier alpha value is -1.33. The number of carboxylic acids is 1. The molecule has 17 heavy (non-hydrogen) atoms. The maximum atomic E-state index is 10.8. The van der Waals surface area contributed by atoms with Crippen LogP contribution < -0.4 is 0 Å². The molecule has 1 aromatic carbocycles. The number of hydrogen-bond acceptors (Lipinski definition) is 2. The lowest BCUT2D eigenvalue weighted by Crippen LogP contribution is -2.09. The van der Waals surface area contributed by atoms with Crippen molar-refractivity contribution in [1.29, 1.82) is 0 Å². The summed E-state index contributed by atoms with van der Waals surface area (Å²) in [5, 5.41) is 19.3. The van der Waals surface area contributed by atoms with Crippen LogP contribution in [0.4, 0.5) is 0 Å². The molecule has 1 atom stereocenters. The Balaban J connectivity index is 2.69. The molecule has 0 bridgehead atoms. The molecule has 2 rings (SSSR count). The molecule has 0 amide bonds. The molecule has 4 nitrogen and oxygen atoms in total. The number of fused-ring (bicyclic) bond motifs is 1. The van der Waals surface area contributed by atoms with Crippen molar-refractivity contribution in [3.63, 3.8) is 0 Å². The molecule has 90 valence electrons. The molecule has 0 saturated carbocycles. The van der Waals surface area contributed by atoms with Crippen LogP contribution in [0.25, 0.3) is 10.9 Å². The molecule has 1 unspecified atom stereocenters. The summed E-state index contributed by atoms with van der Waals surface area (Å²) in [6, 6.07) is 5.56. The number of aliphatic carboxylic acids is 1. The van der Waals surface area contributed by atoms with E-state index in [4.69, 9.17) is 5.11 Å². The number of aliphatic hydroxyl groups excluding tert-OH is 1. The van der Waals surface area contributed by atoms with Gasteiger partial charge in [0.15, 0.2) is 6.10 Å². The van der Waals surface area contributed by atoms with Gasteiger partial charge in [-0.25, -0.2) is 4.79 Å². The quantitative estimate of drug-likeness (QED) is 0.915. The summed E-state index contributed by atoms with van der Waals surface area (Å²) in [6.07, 6.45) is 0.210. The average Bonchev–Trinajstić information content (AvgIpc) is 2.65. The Morgan fingerprint density at radius 1 is 1.53 bits per heavy atom. The van der Waals surface area contributed by atoms with Gasteiger partial charge in [0, 0.05) is 33.7 Å².